The Morgan fingerprint density at radius 1 is 0.633 bits per heavy atom. The summed E-state index contributed by atoms with van der Waals surface area (Å²) < 4.78 is 65.7. The summed E-state index contributed by atoms with van der Waals surface area (Å²) >= 11 is 0. The third-order valence-corrected chi connectivity index (χ3v) is 7.95. The van der Waals surface area contributed by atoms with Gasteiger partial charge in [0.1, 0.15) is 40.8 Å². The highest BCUT2D eigenvalue weighted by molar-refractivity contribution is 6.43. The Bertz CT molecular complexity index is 2550. The first-order valence-corrected chi connectivity index (χ1v) is 13.8. The van der Waals surface area contributed by atoms with Gasteiger partial charge in [-0.1, -0.05) is 0 Å². The van der Waals surface area contributed by atoms with Crippen molar-refractivity contribution in [1.29, 1.82) is 10.5 Å². The summed E-state index contributed by atoms with van der Waals surface area (Å²) in [7, 11) is 0. The van der Waals surface area contributed by atoms with E-state index in [-0.39, 0.29) is 38.8 Å². The van der Waals surface area contributed by atoms with Crippen LogP contribution in [0.4, 0.5) is 34.6 Å². The van der Waals surface area contributed by atoms with Crippen LogP contribution in [0, 0.1) is 52.5 Å². The van der Waals surface area contributed by atoms with E-state index in [1.54, 1.807) is 0 Å². The van der Waals surface area contributed by atoms with E-state index in [9.17, 15) is 33.2 Å². The number of anilines is 2. The fraction of sp³-hybridized carbons (Fsp3) is 0. The fourth-order valence-corrected chi connectivity index (χ4v) is 5.75. The van der Waals surface area contributed by atoms with Crippen molar-refractivity contribution in [2.75, 3.05) is 9.80 Å². The maximum absolute atomic E-state index is 15.3. The van der Waals surface area contributed by atoms with Crippen molar-refractivity contribution in [1.82, 2.24) is 0 Å². The summed E-state index contributed by atoms with van der Waals surface area (Å²) in [5, 5.41) is 17.8. The van der Waals surface area contributed by atoms with Gasteiger partial charge in [0.05, 0.1) is 46.3 Å². The number of carbonyl (C=O) groups excluding carboxylic acids is 4. The van der Waals surface area contributed by atoms with Crippen LogP contribution >= 0.6 is 0 Å². The molecule has 0 atom stereocenters. The topological polar surface area (TPSA) is 136 Å². The Kier molecular flexibility index (Phi) is 6.72. The van der Waals surface area contributed by atoms with Gasteiger partial charge in [0.25, 0.3) is 23.6 Å². The largest absolute Gasteiger partial charge is 0.456 e. The molecule has 0 spiro atoms. The molecule has 0 aromatic heterocycles. The number of halogens is 4. The van der Waals surface area contributed by atoms with Crippen LogP contribution in [0.2, 0.25) is 0 Å². The number of rotatable bonds is 4. The molecule has 0 bridgehead atoms. The predicted molar refractivity (Wildman–Crippen MR) is 161 cm³/mol. The Morgan fingerprint density at radius 2 is 1.20 bits per heavy atom. The first-order valence-electron chi connectivity index (χ1n) is 13.8. The molecule has 234 valence electrons. The summed E-state index contributed by atoms with van der Waals surface area (Å²) in [4.78, 5) is 59.4. The zero-order valence-electron chi connectivity index (χ0n) is 24.1. The molecular weight excluding hydrogens is 646 g/mol. The van der Waals surface area contributed by atoms with Crippen molar-refractivity contribution in [2.45, 2.75) is 0 Å². The number of carbonyl (C=O) groups is 4. The summed E-state index contributed by atoms with van der Waals surface area (Å²) in [6, 6.07) is 14.0. The van der Waals surface area contributed by atoms with E-state index in [0.29, 0.717) is 34.1 Å². The number of hydrogen-bond acceptors (Lipinski definition) is 7. The molecule has 5 aromatic carbocycles. The summed E-state index contributed by atoms with van der Waals surface area (Å²) in [6.07, 6.45) is 0. The molecule has 14 heteroatoms. The molecule has 0 N–H and O–H groups in total. The molecule has 0 aliphatic carbocycles. The Balaban J connectivity index is 1.50. The predicted octanol–water partition coefficient (Wildman–Crippen LogP) is 7.08. The lowest BCUT2D eigenvalue weighted by Gasteiger charge is -2.33. The first-order chi connectivity index (χ1) is 23.5. The van der Waals surface area contributed by atoms with E-state index in [4.69, 9.17) is 16.6 Å². The molecule has 10 nitrogen and oxygen atoms in total. The summed E-state index contributed by atoms with van der Waals surface area (Å²) in [5.41, 5.74) is -4.27. The van der Waals surface area contributed by atoms with Gasteiger partial charge >= 0.3 is 0 Å². The number of imide groups is 2. The van der Waals surface area contributed by atoms with Crippen LogP contribution in [-0.4, -0.2) is 23.6 Å². The van der Waals surface area contributed by atoms with Gasteiger partial charge in [-0.3, -0.25) is 19.2 Å². The van der Waals surface area contributed by atoms with Crippen molar-refractivity contribution < 1.29 is 41.5 Å². The van der Waals surface area contributed by atoms with Crippen LogP contribution < -0.4 is 14.5 Å². The molecule has 0 unspecified atom stereocenters. The van der Waals surface area contributed by atoms with Crippen LogP contribution in [0.15, 0.2) is 66.7 Å². The van der Waals surface area contributed by atoms with Crippen LogP contribution in [0.25, 0.3) is 15.6 Å². The van der Waals surface area contributed by atoms with E-state index >= 15 is 8.78 Å². The third-order valence-electron chi connectivity index (χ3n) is 7.95. The van der Waals surface area contributed by atoms with Gasteiger partial charge in [-0.15, -0.1) is 0 Å². The van der Waals surface area contributed by atoms with Gasteiger partial charge in [0.15, 0.2) is 0 Å². The SMILES string of the molecule is [C-]#[N+]c1cc(F)c(N2C(=O)c3ccc4c5c(cc(Oc6ccc(C#N)cc6)c(c35)C2=O)C(=O)N(c2cc(F)c(C#N)cc2F)C4=O)cc1F. The van der Waals surface area contributed by atoms with E-state index in [1.165, 1.54) is 30.3 Å². The standard InChI is InChI=1S/C35H11F4N5O5/c1-42-25-10-24(39)27(12-22(25)37)44-33(46)19-7-6-18-29-20(34(47)43(32(18)45)26-11-21(36)16(14-41)8-23(26)38)9-28(31(30(19)29)35(44)48)49-17-4-2-15(13-40)3-5-17/h2-12H. The average Bonchev–Trinajstić information content (AvgIpc) is 3.09. The highest BCUT2D eigenvalue weighted by Crippen LogP contribution is 2.46. The molecule has 7 rings (SSSR count). The maximum atomic E-state index is 15.3. The number of hydrogen-bond donors (Lipinski definition) is 0. The molecule has 4 amide bonds. The smallest absolute Gasteiger partial charge is 0.269 e. The first kappa shape index (κ1) is 30.3. The van der Waals surface area contributed by atoms with Gasteiger partial charge in [-0.05, 0) is 60.7 Å². The van der Waals surface area contributed by atoms with E-state index in [2.05, 4.69) is 4.85 Å². The van der Waals surface area contributed by atoms with E-state index in [0.717, 1.165) is 18.2 Å². The van der Waals surface area contributed by atoms with Crippen LogP contribution in [0.3, 0.4) is 0 Å². The van der Waals surface area contributed by atoms with Crippen LogP contribution in [0.1, 0.15) is 52.6 Å². The van der Waals surface area contributed by atoms with Crippen molar-refractivity contribution in [3.63, 3.8) is 0 Å². The molecule has 2 aliphatic rings. The van der Waals surface area contributed by atoms with Gasteiger partial charge in [0.2, 0.25) is 5.69 Å². The minimum absolute atomic E-state index is 0.0192. The quantitative estimate of drug-likeness (QED) is 0.114. The molecular formula is C35H11F4N5O5. The second-order valence-corrected chi connectivity index (χ2v) is 10.6. The normalized spacial score (nSPS) is 13.3. The van der Waals surface area contributed by atoms with Crippen molar-refractivity contribution in [2.24, 2.45) is 0 Å². The number of amides is 4. The monoisotopic (exact) mass is 657 g/mol. The molecule has 0 saturated carbocycles. The van der Waals surface area contributed by atoms with Gasteiger partial charge in [-0.25, -0.2) is 32.2 Å². The molecule has 5 aromatic rings. The lowest BCUT2D eigenvalue weighted by molar-refractivity contribution is 0.0870. The summed E-state index contributed by atoms with van der Waals surface area (Å²) in [5.74, 6) is -10.2. The molecule has 49 heavy (non-hydrogen) atoms. The zero-order valence-corrected chi connectivity index (χ0v) is 24.1. The number of benzene rings is 5. The lowest BCUT2D eigenvalue weighted by Crippen LogP contribution is -2.44. The minimum Gasteiger partial charge on any atom is -0.456 e. The molecule has 2 heterocycles. The molecule has 0 fully saturated rings. The lowest BCUT2D eigenvalue weighted by atomic mass is 9.85. The van der Waals surface area contributed by atoms with Crippen molar-refractivity contribution in [3.8, 4) is 23.6 Å². The van der Waals surface area contributed by atoms with Gasteiger partial charge < -0.3 is 4.74 Å². The number of nitrogens with zero attached hydrogens (tertiary/aromatic N) is 5. The Morgan fingerprint density at radius 3 is 1.82 bits per heavy atom. The zero-order chi connectivity index (χ0) is 34.9. The molecule has 0 saturated heterocycles. The highest BCUT2D eigenvalue weighted by atomic mass is 19.1. The van der Waals surface area contributed by atoms with E-state index in [1.807, 2.05) is 6.07 Å². The van der Waals surface area contributed by atoms with Crippen LogP contribution in [-0.2, 0) is 0 Å². The molecule has 2 aliphatic heterocycles. The van der Waals surface area contributed by atoms with E-state index < -0.39 is 80.8 Å². The number of nitriles is 2. The minimum atomic E-state index is -1.28. The fourth-order valence-electron chi connectivity index (χ4n) is 5.75. The Hall–Kier alpha value is -7.37. The second kappa shape index (κ2) is 10.9. The maximum Gasteiger partial charge on any atom is 0.269 e. The highest BCUT2D eigenvalue weighted by Gasteiger charge is 2.44. The second-order valence-electron chi connectivity index (χ2n) is 10.6. The Labute approximate surface area is 271 Å². The van der Waals surface area contributed by atoms with Crippen molar-refractivity contribution >= 4 is 51.5 Å². The summed E-state index contributed by atoms with van der Waals surface area (Å²) in [6.45, 7) is 7.04. The van der Waals surface area contributed by atoms with Gasteiger partial charge in [0, 0.05) is 28.0 Å². The molecule has 0 radical (unpaired) electrons. The van der Waals surface area contributed by atoms with Gasteiger partial charge in [-0.2, -0.15) is 10.5 Å². The number of ether oxygens (including phenoxy) is 1. The van der Waals surface area contributed by atoms with Crippen LogP contribution in [0.5, 0.6) is 11.5 Å². The van der Waals surface area contributed by atoms with Crippen molar-refractivity contribution in [3.05, 3.63) is 135 Å². The average molecular weight is 657 g/mol. The third kappa shape index (κ3) is 4.38.